The van der Waals surface area contributed by atoms with Crippen LogP contribution in [0, 0.1) is 11.3 Å². The van der Waals surface area contributed by atoms with E-state index in [1.54, 1.807) is 17.4 Å². The summed E-state index contributed by atoms with van der Waals surface area (Å²) in [4.78, 5) is 13.3. The maximum atomic E-state index is 12.2. The first-order valence-corrected chi connectivity index (χ1v) is 10.4. The lowest BCUT2D eigenvalue weighted by Gasteiger charge is -2.10. The minimum absolute atomic E-state index is 0.445. The van der Waals surface area contributed by atoms with E-state index in [1.165, 1.54) is 4.88 Å². The van der Waals surface area contributed by atoms with Crippen molar-refractivity contribution in [3.63, 3.8) is 0 Å². The number of aromatic nitrogens is 1. The Kier molecular flexibility index (Phi) is 4.35. The van der Waals surface area contributed by atoms with Crippen molar-refractivity contribution in [2.45, 2.75) is 6.54 Å². The van der Waals surface area contributed by atoms with E-state index in [0.717, 1.165) is 32.9 Å². The number of hydrogen-bond acceptors (Lipinski definition) is 3. The number of carbonyl (C=O) groups is 1. The molecule has 2 N–H and O–H groups in total. The third-order valence-corrected chi connectivity index (χ3v) is 6.35. The van der Waals surface area contributed by atoms with Gasteiger partial charge in [-0.05, 0) is 46.8 Å². The standard InChI is InChI=1S/C25H17N3OS/c26-14-17-5-1-2-6-18(17)15-28-21-8-3-7-20(25(27)29)24(21)19-11-10-16(13-22(19)28)23-9-4-12-30-23/h1-13H,15H2,(H2,27,29). The van der Waals surface area contributed by atoms with Gasteiger partial charge in [-0.25, -0.2) is 0 Å². The number of primary amides is 1. The SMILES string of the molecule is N#Cc1ccccc1Cn1c2cc(-c3cccs3)ccc2c2c(C(N)=O)cccc21. The van der Waals surface area contributed by atoms with E-state index in [9.17, 15) is 10.1 Å². The van der Waals surface area contributed by atoms with E-state index < -0.39 is 5.91 Å². The molecule has 30 heavy (non-hydrogen) atoms. The number of hydrogen-bond donors (Lipinski definition) is 1. The molecule has 0 spiro atoms. The molecule has 5 heteroatoms. The first kappa shape index (κ1) is 18.2. The van der Waals surface area contributed by atoms with Gasteiger partial charge >= 0.3 is 0 Å². The molecule has 5 aromatic rings. The molecule has 0 bridgehead atoms. The number of thiophene rings is 1. The van der Waals surface area contributed by atoms with Crippen LogP contribution in [-0.2, 0) is 6.54 Å². The molecule has 0 atom stereocenters. The van der Waals surface area contributed by atoms with Gasteiger partial charge in [0.05, 0.1) is 22.7 Å². The Labute approximate surface area is 177 Å². The molecular weight excluding hydrogens is 390 g/mol. The molecule has 0 aliphatic rings. The number of rotatable bonds is 4. The van der Waals surface area contributed by atoms with Gasteiger partial charge in [0.2, 0.25) is 5.91 Å². The smallest absolute Gasteiger partial charge is 0.249 e. The topological polar surface area (TPSA) is 71.8 Å². The van der Waals surface area contributed by atoms with Crippen LogP contribution in [-0.4, -0.2) is 10.5 Å². The van der Waals surface area contributed by atoms with Crippen LogP contribution in [0.4, 0.5) is 0 Å². The molecular formula is C25H17N3OS. The number of benzene rings is 3. The van der Waals surface area contributed by atoms with E-state index in [2.05, 4.69) is 40.3 Å². The Morgan fingerprint density at radius 1 is 1.00 bits per heavy atom. The van der Waals surface area contributed by atoms with Crippen molar-refractivity contribution in [1.82, 2.24) is 4.57 Å². The zero-order chi connectivity index (χ0) is 20.7. The Bertz CT molecular complexity index is 1460. The van der Waals surface area contributed by atoms with Gasteiger partial charge in [0.25, 0.3) is 0 Å². The third kappa shape index (κ3) is 2.86. The van der Waals surface area contributed by atoms with Crippen molar-refractivity contribution in [3.8, 4) is 16.5 Å². The summed E-state index contributed by atoms with van der Waals surface area (Å²) in [6.45, 7) is 0.528. The van der Waals surface area contributed by atoms with Crippen LogP contribution in [0.1, 0.15) is 21.5 Å². The van der Waals surface area contributed by atoms with Crippen molar-refractivity contribution in [2.24, 2.45) is 5.73 Å². The molecule has 144 valence electrons. The number of nitrogens with two attached hydrogens (primary N) is 1. The van der Waals surface area contributed by atoms with Gasteiger partial charge in [0, 0.05) is 27.8 Å². The summed E-state index contributed by atoms with van der Waals surface area (Å²) in [6, 6.07) is 25.9. The van der Waals surface area contributed by atoms with Gasteiger partial charge in [-0.15, -0.1) is 11.3 Å². The van der Waals surface area contributed by atoms with Crippen LogP contribution in [0.25, 0.3) is 32.2 Å². The van der Waals surface area contributed by atoms with Crippen LogP contribution in [0.2, 0.25) is 0 Å². The molecule has 0 aliphatic heterocycles. The van der Waals surface area contributed by atoms with Crippen molar-refractivity contribution in [2.75, 3.05) is 0 Å². The lowest BCUT2D eigenvalue weighted by Crippen LogP contribution is -2.11. The Morgan fingerprint density at radius 2 is 1.87 bits per heavy atom. The second kappa shape index (κ2) is 7.18. The molecule has 3 aromatic carbocycles. The monoisotopic (exact) mass is 407 g/mol. The highest BCUT2D eigenvalue weighted by Crippen LogP contribution is 2.36. The molecule has 1 amide bonds. The fraction of sp³-hybridized carbons (Fsp3) is 0.0400. The molecule has 0 saturated heterocycles. The molecule has 5 rings (SSSR count). The first-order chi connectivity index (χ1) is 14.7. The minimum atomic E-state index is -0.445. The van der Waals surface area contributed by atoms with E-state index in [-0.39, 0.29) is 0 Å². The largest absolute Gasteiger partial charge is 0.366 e. The number of amides is 1. The Hall–Kier alpha value is -3.88. The van der Waals surface area contributed by atoms with Crippen molar-refractivity contribution in [3.05, 3.63) is 94.9 Å². The summed E-state index contributed by atoms with van der Waals surface area (Å²) in [5.41, 5.74) is 10.8. The van der Waals surface area contributed by atoms with Gasteiger partial charge in [-0.2, -0.15) is 5.26 Å². The Balaban J connectivity index is 1.84. The second-order valence-electron chi connectivity index (χ2n) is 7.13. The average molecular weight is 407 g/mol. The first-order valence-electron chi connectivity index (χ1n) is 9.54. The van der Waals surface area contributed by atoms with Crippen LogP contribution in [0.3, 0.4) is 0 Å². The summed E-state index contributed by atoms with van der Waals surface area (Å²) in [5.74, 6) is -0.445. The van der Waals surface area contributed by atoms with Crippen molar-refractivity contribution in [1.29, 1.82) is 5.26 Å². The predicted octanol–water partition coefficient (Wildman–Crippen LogP) is 5.54. The molecule has 0 saturated carbocycles. The molecule has 2 heterocycles. The maximum Gasteiger partial charge on any atom is 0.249 e. The van der Waals surface area contributed by atoms with Gasteiger partial charge < -0.3 is 10.3 Å². The third-order valence-electron chi connectivity index (χ3n) is 5.43. The summed E-state index contributed by atoms with van der Waals surface area (Å²) in [5, 5.41) is 13.4. The lowest BCUT2D eigenvalue weighted by molar-refractivity contribution is 0.100. The highest BCUT2D eigenvalue weighted by Gasteiger charge is 2.18. The summed E-state index contributed by atoms with van der Waals surface area (Å²) >= 11 is 1.69. The zero-order valence-corrected chi connectivity index (χ0v) is 16.8. The summed E-state index contributed by atoms with van der Waals surface area (Å²) in [7, 11) is 0. The van der Waals surface area contributed by atoms with Crippen LogP contribution >= 0.6 is 11.3 Å². The number of fused-ring (bicyclic) bond motifs is 3. The summed E-state index contributed by atoms with van der Waals surface area (Å²) < 4.78 is 2.17. The molecule has 0 fully saturated rings. The average Bonchev–Trinajstić information content (AvgIpc) is 3.41. The van der Waals surface area contributed by atoms with E-state index >= 15 is 0 Å². The Morgan fingerprint density at radius 3 is 2.63 bits per heavy atom. The highest BCUT2D eigenvalue weighted by molar-refractivity contribution is 7.13. The fourth-order valence-electron chi connectivity index (χ4n) is 4.05. The van der Waals surface area contributed by atoms with E-state index in [0.29, 0.717) is 17.7 Å². The molecule has 0 radical (unpaired) electrons. The number of nitrogens with zero attached hydrogens (tertiary/aromatic N) is 2. The minimum Gasteiger partial charge on any atom is -0.366 e. The van der Waals surface area contributed by atoms with Crippen molar-refractivity contribution >= 4 is 39.0 Å². The molecule has 4 nitrogen and oxygen atoms in total. The number of carbonyl (C=O) groups excluding carboxylic acids is 1. The van der Waals surface area contributed by atoms with Gasteiger partial charge in [-0.1, -0.05) is 42.5 Å². The van der Waals surface area contributed by atoms with E-state index in [1.807, 2.05) is 42.5 Å². The zero-order valence-electron chi connectivity index (χ0n) is 16.0. The lowest BCUT2D eigenvalue weighted by atomic mass is 10.0. The van der Waals surface area contributed by atoms with Gasteiger partial charge in [0.1, 0.15) is 0 Å². The van der Waals surface area contributed by atoms with Gasteiger partial charge in [0.15, 0.2) is 0 Å². The quantitative estimate of drug-likeness (QED) is 0.425. The molecule has 0 aliphatic carbocycles. The maximum absolute atomic E-state index is 12.2. The summed E-state index contributed by atoms with van der Waals surface area (Å²) in [6.07, 6.45) is 0. The van der Waals surface area contributed by atoms with Crippen LogP contribution in [0.5, 0.6) is 0 Å². The normalized spacial score (nSPS) is 11.0. The predicted molar refractivity (Wildman–Crippen MR) is 122 cm³/mol. The van der Waals surface area contributed by atoms with Crippen LogP contribution < -0.4 is 5.73 Å². The molecule has 2 aromatic heterocycles. The van der Waals surface area contributed by atoms with Crippen LogP contribution in [0.15, 0.2) is 78.2 Å². The van der Waals surface area contributed by atoms with E-state index in [4.69, 9.17) is 5.73 Å². The number of nitriles is 1. The highest BCUT2D eigenvalue weighted by atomic mass is 32.1. The molecule has 0 unspecified atom stereocenters. The van der Waals surface area contributed by atoms with Gasteiger partial charge in [-0.3, -0.25) is 4.79 Å². The van der Waals surface area contributed by atoms with Crippen molar-refractivity contribution < 1.29 is 4.79 Å². The second-order valence-corrected chi connectivity index (χ2v) is 8.08. The fourth-order valence-corrected chi connectivity index (χ4v) is 4.78.